The summed E-state index contributed by atoms with van der Waals surface area (Å²) in [7, 11) is 0. The van der Waals surface area contributed by atoms with Crippen LogP contribution in [-0.2, 0) is 0 Å². The van der Waals surface area contributed by atoms with Crippen molar-refractivity contribution in [2.75, 3.05) is 0 Å². The molecule has 0 saturated heterocycles. The van der Waals surface area contributed by atoms with Gasteiger partial charge in [-0.15, -0.1) is 11.3 Å². The molecule has 2 heterocycles. The molecule has 0 amide bonds. The highest BCUT2D eigenvalue weighted by Crippen LogP contribution is 2.38. The molecule has 1 atom stereocenters. The second-order valence-electron chi connectivity index (χ2n) is 3.41. The summed E-state index contributed by atoms with van der Waals surface area (Å²) in [6.07, 6.45) is 2.80. The van der Waals surface area contributed by atoms with E-state index in [0.717, 1.165) is 24.3 Å². The molecule has 0 bridgehead atoms. The molecule has 5 heteroatoms. The molecule has 2 rings (SSSR count). The van der Waals surface area contributed by atoms with E-state index in [2.05, 4.69) is 36.8 Å². The van der Waals surface area contributed by atoms with Crippen molar-refractivity contribution in [2.24, 2.45) is 0 Å². The van der Waals surface area contributed by atoms with E-state index >= 15 is 0 Å². The number of aliphatic hydroxyl groups excluding tert-OH is 1. The quantitative estimate of drug-likeness (QED) is 0.873. The summed E-state index contributed by atoms with van der Waals surface area (Å²) in [4.78, 5) is 4.04. The van der Waals surface area contributed by atoms with Gasteiger partial charge >= 0.3 is 0 Å². The van der Waals surface area contributed by atoms with Crippen molar-refractivity contribution in [1.29, 1.82) is 0 Å². The number of rotatable bonds is 2. The predicted molar refractivity (Wildman–Crippen MR) is 72.8 cm³/mol. The van der Waals surface area contributed by atoms with Crippen molar-refractivity contribution in [2.45, 2.75) is 13.0 Å². The third-order valence-corrected chi connectivity index (χ3v) is 4.74. The minimum atomic E-state index is -0.634. The van der Waals surface area contributed by atoms with Crippen molar-refractivity contribution in [3.05, 3.63) is 48.8 Å². The number of aromatic nitrogens is 1. The van der Waals surface area contributed by atoms with Gasteiger partial charge in [-0.05, 0) is 56.5 Å². The molecule has 1 unspecified atom stereocenters. The van der Waals surface area contributed by atoms with Gasteiger partial charge in [0.1, 0.15) is 6.10 Å². The van der Waals surface area contributed by atoms with E-state index in [4.69, 9.17) is 0 Å². The summed E-state index contributed by atoms with van der Waals surface area (Å²) in [5.41, 5.74) is 2.75. The third-order valence-electron chi connectivity index (χ3n) is 2.35. The fraction of sp³-hybridized carbons (Fsp3) is 0.182. The van der Waals surface area contributed by atoms with E-state index in [0.29, 0.717) is 0 Å². The van der Waals surface area contributed by atoms with E-state index in [1.165, 1.54) is 0 Å². The average Bonchev–Trinajstić information content (AvgIpc) is 2.58. The van der Waals surface area contributed by atoms with Gasteiger partial charge in [-0.1, -0.05) is 0 Å². The zero-order valence-electron chi connectivity index (χ0n) is 8.45. The van der Waals surface area contributed by atoms with E-state index < -0.39 is 6.10 Å². The minimum Gasteiger partial charge on any atom is -0.384 e. The first-order valence-corrected chi connectivity index (χ1v) is 7.03. The summed E-state index contributed by atoms with van der Waals surface area (Å²) in [6.45, 7) is 1.97. The van der Waals surface area contributed by atoms with Crippen LogP contribution >= 0.6 is 43.2 Å². The zero-order chi connectivity index (χ0) is 11.7. The Bertz CT molecular complexity index is 512. The Kier molecular flexibility index (Phi) is 3.79. The van der Waals surface area contributed by atoms with Crippen molar-refractivity contribution >= 4 is 43.2 Å². The Morgan fingerprint density at radius 3 is 2.69 bits per heavy atom. The number of nitrogens with zero attached hydrogens (tertiary/aromatic N) is 1. The summed E-state index contributed by atoms with van der Waals surface area (Å²) in [6, 6.07) is 3.82. The monoisotopic (exact) mass is 361 g/mol. The number of aliphatic hydroxyl groups is 1. The number of hydrogen-bond acceptors (Lipinski definition) is 3. The van der Waals surface area contributed by atoms with Crippen LogP contribution in [0.3, 0.4) is 0 Å². The highest BCUT2D eigenvalue weighted by Gasteiger charge is 2.18. The molecule has 2 nitrogen and oxygen atoms in total. The minimum absolute atomic E-state index is 0.634. The highest BCUT2D eigenvalue weighted by molar-refractivity contribution is 9.12. The molecule has 0 saturated carbocycles. The smallest absolute Gasteiger partial charge is 0.108 e. The van der Waals surface area contributed by atoms with Crippen LogP contribution in [0.25, 0.3) is 0 Å². The molecule has 84 valence electrons. The fourth-order valence-electron chi connectivity index (χ4n) is 1.47. The lowest BCUT2D eigenvalue weighted by Crippen LogP contribution is -2.01. The van der Waals surface area contributed by atoms with Crippen molar-refractivity contribution in [3.63, 3.8) is 0 Å². The Balaban J connectivity index is 2.43. The molecule has 1 N–H and O–H groups in total. The number of hydrogen-bond donors (Lipinski definition) is 1. The van der Waals surface area contributed by atoms with Crippen LogP contribution in [-0.4, -0.2) is 10.1 Å². The van der Waals surface area contributed by atoms with Gasteiger partial charge in [-0.3, -0.25) is 4.98 Å². The van der Waals surface area contributed by atoms with Gasteiger partial charge in [0.25, 0.3) is 0 Å². The Morgan fingerprint density at radius 2 is 2.12 bits per heavy atom. The summed E-state index contributed by atoms with van der Waals surface area (Å²) in [5.74, 6) is 0. The van der Waals surface area contributed by atoms with Gasteiger partial charge in [0, 0.05) is 23.5 Å². The number of halogens is 2. The maximum atomic E-state index is 10.3. The number of thiophene rings is 1. The Morgan fingerprint density at radius 1 is 1.38 bits per heavy atom. The van der Waals surface area contributed by atoms with Gasteiger partial charge in [-0.25, -0.2) is 0 Å². The molecule has 0 aliphatic heterocycles. The molecule has 0 aromatic carbocycles. The van der Waals surface area contributed by atoms with Crippen LogP contribution in [0.5, 0.6) is 0 Å². The summed E-state index contributed by atoms with van der Waals surface area (Å²) >= 11 is 8.40. The molecule has 0 aliphatic carbocycles. The third kappa shape index (κ3) is 2.37. The van der Waals surface area contributed by atoms with Gasteiger partial charge in [0.05, 0.1) is 7.57 Å². The van der Waals surface area contributed by atoms with Gasteiger partial charge in [0.15, 0.2) is 0 Å². The number of aryl methyl sites for hydroxylation is 1. The normalized spacial score (nSPS) is 12.8. The summed E-state index contributed by atoms with van der Waals surface area (Å²) < 4.78 is 1.94. The van der Waals surface area contributed by atoms with E-state index in [-0.39, 0.29) is 0 Å². The Hall–Kier alpha value is -0.230. The summed E-state index contributed by atoms with van der Waals surface area (Å²) in [5, 5.41) is 10.3. The molecular formula is C11H9Br2NOS. The predicted octanol–water partition coefficient (Wildman–Crippen LogP) is 4.06. The van der Waals surface area contributed by atoms with E-state index in [1.54, 1.807) is 23.7 Å². The lowest BCUT2D eigenvalue weighted by atomic mass is 10.0. The van der Waals surface area contributed by atoms with Crippen LogP contribution in [0.2, 0.25) is 0 Å². The number of pyridine rings is 1. The lowest BCUT2D eigenvalue weighted by molar-refractivity contribution is 0.219. The van der Waals surface area contributed by atoms with E-state index in [1.807, 2.05) is 19.1 Å². The fourth-order valence-corrected chi connectivity index (χ4v) is 4.35. The van der Waals surface area contributed by atoms with Crippen LogP contribution in [0.4, 0.5) is 0 Å². The highest BCUT2D eigenvalue weighted by atomic mass is 79.9. The van der Waals surface area contributed by atoms with Crippen LogP contribution < -0.4 is 0 Å². The SMILES string of the molecule is Cc1ccncc1C(O)c1cc(Br)sc1Br. The maximum Gasteiger partial charge on any atom is 0.108 e. The lowest BCUT2D eigenvalue weighted by Gasteiger charge is -2.12. The second-order valence-corrected chi connectivity index (χ2v) is 7.16. The Labute approximate surface area is 115 Å². The molecule has 2 aromatic rings. The van der Waals surface area contributed by atoms with Crippen LogP contribution in [0.15, 0.2) is 32.1 Å². The molecule has 16 heavy (non-hydrogen) atoms. The molecular weight excluding hydrogens is 354 g/mol. The first-order chi connectivity index (χ1) is 7.59. The van der Waals surface area contributed by atoms with Gasteiger partial charge in [0.2, 0.25) is 0 Å². The average molecular weight is 363 g/mol. The van der Waals surface area contributed by atoms with Crippen LogP contribution in [0.1, 0.15) is 22.8 Å². The first-order valence-electron chi connectivity index (χ1n) is 4.63. The molecule has 0 radical (unpaired) electrons. The standard InChI is InChI=1S/C11H9Br2NOS/c1-6-2-3-14-5-8(6)10(15)7-4-9(12)16-11(7)13/h2-5,10,15H,1H3. The molecule has 0 aliphatic rings. The zero-order valence-corrected chi connectivity index (χ0v) is 12.4. The van der Waals surface area contributed by atoms with Crippen molar-refractivity contribution in [1.82, 2.24) is 4.98 Å². The topological polar surface area (TPSA) is 33.1 Å². The van der Waals surface area contributed by atoms with E-state index in [9.17, 15) is 5.11 Å². The second kappa shape index (κ2) is 4.96. The first kappa shape index (κ1) is 12.2. The molecule has 2 aromatic heterocycles. The van der Waals surface area contributed by atoms with Gasteiger partial charge < -0.3 is 5.11 Å². The molecule has 0 spiro atoms. The van der Waals surface area contributed by atoms with Gasteiger partial charge in [-0.2, -0.15) is 0 Å². The maximum absolute atomic E-state index is 10.3. The van der Waals surface area contributed by atoms with Crippen molar-refractivity contribution < 1.29 is 5.11 Å². The van der Waals surface area contributed by atoms with Crippen LogP contribution in [0, 0.1) is 6.92 Å². The molecule has 0 fully saturated rings. The van der Waals surface area contributed by atoms with Crippen molar-refractivity contribution in [3.8, 4) is 0 Å². The largest absolute Gasteiger partial charge is 0.384 e.